The second-order valence-electron chi connectivity index (χ2n) is 7.30. The monoisotopic (exact) mass is 406 g/mol. The summed E-state index contributed by atoms with van der Waals surface area (Å²) in [5.41, 5.74) is 2.00. The zero-order valence-electron chi connectivity index (χ0n) is 16.1. The van der Waals surface area contributed by atoms with Crippen LogP contribution in [0.2, 0.25) is 0 Å². The average Bonchev–Trinajstić information content (AvgIpc) is 2.74. The lowest BCUT2D eigenvalue weighted by Crippen LogP contribution is -2.56. The molecule has 1 aliphatic rings. The highest BCUT2D eigenvalue weighted by Crippen LogP contribution is 2.25. The Kier molecular flexibility index (Phi) is 5.57. The van der Waals surface area contributed by atoms with Gasteiger partial charge in [0.15, 0.2) is 11.6 Å². The Labute approximate surface area is 173 Å². The van der Waals surface area contributed by atoms with Crippen LogP contribution in [-0.2, 0) is 4.79 Å². The fourth-order valence-electron chi connectivity index (χ4n) is 3.53. The Morgan fingerprint density at radius 3 is 1.93 bits per heavy atom. The van der Waals surface area contributed by atoms with E-state index in [9.17, 15) is 18.4 Å². The summed E-state index contributed by atoms with van der Waals surface area (Å²) in [7, 11) is 0. The molecule has 2 amide bonds. The molecule has 1 heterocycles. The molecule has 6 heteroatoms. The van der Waals surface area contributed by atoms with Crippen LogP contribution in [0.1, 0.15) is 27.5 Å². The van der Waals surface area contributed by atoms with Crippen LogP contribution in [-0.4, -0.2) is 29.8 Å². The van der Waals surface area contributed by atoms with Crippen LogP contribution in [0.5, 0.6) is 0 Å². The third-order valence-corrected chi connectivity index (χ3v) is 5.26. The molecule has 3 aromatic carbocycles. The molecule has 4 rings (SSSR count). The normalized spacial score (nSPS) is 13.8. The van der Waals surface area contributed by atoms with Gasteiger partial charge in [-0.3, -0.25) is 9.59 Å². The number of hydrogen-bond acceptors (Lipinski definition) is 2. The molecular formula is C24H20F2N2O2. The van der Waals surface area contributed by atoms with Crippen LogP contribution in [0.15, 0.2) is 78.9 Å². The zero-order chi connectivity index (χ0) is 21.1. The highest BCUT2D eigenvalue weighted by atomic mass is 19.2. The smallest absolute Gasteiger partial charge is 0.254 e. The van der Waals surface area contributed by atoms with Crippen molar-refractivity contribution in [1.82, 2.24) is 10.2 Å². The molecule has 1 saturated heterocycles. The summed E-state index contributed by atoms with van der Waals surface area (Å²) >= 11 is 0. The third-order valence-electron chi connectivity index (χ3n) is 5.26. The van der Waals surface area contributed by atoms with Gasteiger partial charge in [-0.1, -0.05) is 60.7 Å². The minimum atomic E-state index is -1.07. The van der Waals surface area contributed by atoms with E-state index < -0.39 is 17.5 Å². The van der Waals surface area contributed by atoms with E-state index in [1.807, 2.05) is 60.7 Å². The molecular weight excluding hydrogens is 386 g/mol. The van der Waals surface area contributed by atoms with Crippen molar-refractivity contribution >= 4 is 11.8 Å². The Morgan fingerprint density at radius 2 is 1.40 bits per heavy atom. The molecule has 0 unspecified atom stereocenters. The number of amides is 2. The Morgan fingerprint density at radius 1 is 0.833 bits per heavy atom. The highest BCUT2D eigenvalue weighted by molar-refractivity contribution is 5.96. The summed E-state index contributed by atoms with van der Waals surface area (Å²) < 4.78 is 26.5. The minimum Gasteiger partial charge on any atom is -0.345 e. The second kappa shape index (κ2) is 8.45. The van der Waals surface area contributed by atoms with Gasteiger partial charge in [0, 0.05) is 18.7 Å². The molecule has 0 aromatic heterocycles. The van der Waals surface area contributed by atoms with Gasteiger partial charge in [0.25, 0.3) is 5.91 Å². The van der Waals surface area contributed by atoms with Gasteiger partial charge in [-0.2, -0.15) is 0 Å². The van der Waals surface area contributed by atoms with Gasteiger partial charge in [0.1, 0.15) is 0 Å². The summed E-state index contributed by atoms with van der Waals surface area (Å²) in [5, 5.41) is 3.08. The van der Waals surface area contributed by atoms with Crippen molar-refractivity contribution in [3.05, 3.63) is 107 Å². The van der Waals surface area contributed by atoms with Crippen LogP contribution >= 0.6 is 0 Å². The predicted molar refractivity (Wildman–Crippen MR) is 109 cm³/mol. The van der Waals surface area contributed by atoms with Crippen LogP contribution in [0.4, 0.5) is 8.78 Å². The van der Waals surface area contributed by atoms with E-state index in [2.05, 4.69) is 5.32 Å². The van der Waals surface area contributed by atoms with Gasteiger partial charge < -0.3 is 10.2 Å². The van der Waals surface area contributed by atoms with Crippen molar-refractivity contribution < 1.29 is 18.4 Å². The van der Waals surface area contributed by atoms with Crippen LogP contribution < -0.4 is 5.32 Å². The minimum absolute atomic E-state index is 0.0687. The van der Waals surface area contributed by atoms with Gasteiger partial charge in [-0.25, -0.2) is 8.78 Å². The van der Waals surface area contributed by atoms with Gasteiger partial charge >= 0.3 is 0 Å². The first kappa shape index (κ1) is 19.8. The maximum Gasteiger partial charge on any atom is 0.254 e. The largest absolute Gasteiger partial charge is 0.345 e. The molecule has 152 valence electrons. The topological polar surface area (TPSA) is 49.4 Å². The maximum absolute atomic E-state index is 13.4. The molecule has 1 aliphatic heterocycles. The lowest BCUT2D eigenvalue weighted by molar-refractivity contribution is -0.129. The van der Waals surface area contributed by atoms with Crippen molar-refractivity contribution in [2.75, 3.05) is 13.1 Å². The maximum atomic E-state index is 13.4. The standard InChI is InChI=1S/C24H20F2N2O2/c25-20-12-11-18(13-21(20)26)24(30)28-14-19(15-28)23(29)27-22(16-7-3-1-4-8-16)17-9-5-2-6-10-17/h1-13,19,22H,14-15H2,(H,27,29). The molecule has 3 aromatic rings. The first-order valence-corrected chi connectivity index (χ1v) is 9.67. The van der Waals surface area contributed by atoms with E-state index in [1.165, 1.54) is 11.0 Å². The number of benzene rings is 3. The fraction of sp³-hybridized carbons (Fsp3) is 0.167. The van der Waals surface area contributed by atoms with Crippen molar-refractivity contribution in [3.63, 3.8) is 0 Å². The van der Waals surface area contributed by atoms with Crippen molar-refractivity contribution in [3.8, 4) is 0 Å². The van der Waals surface area contributed by atoms with Gasteiger partial charge in [0.2, 0.25) is 5.91 Å². The van der Waals surface area contributed by atoms with E-state index >= 15 is 0 Å². The van der Waals surface area contributed by atoms with Crippen molar-refractivity contribution in [2.45, 2.75) is 6.04 Å². The van der Waals surface area contributed by atoms with E-state index in [0.717, 1.165) is 23.3 Å². The molecule has 30 heavy (non-hydrogen) atoms. The van der Waals surface area contributed by atoms with E-state index in [0.29, 0.717) is 0 Å². The number of rotatable bonds is 5. The molecule has 1 N–H and O–H groups in total. The number of nitrogens with zero attached hydrogens (tertiary/aromatic N) is 1. The van der Waals surface area contributed by atoms with Gasteiger partial charge in [0.05, 0.1) is 12.0 Å². The molecule has 4 nitrogen and oxygen atoms in total. The quantitative estimate of drug-likeness (QED) is 0.698. The summed E-state index contributed by atoms with van der Waals surface area (Å²) in [5.74, 6) is -2.98. The highest BCUT2D eigenvalue weighted by Gasteiger charge is 2.37. The number of hydrogen-bond donors (Lipinski definition) is 1. The van der Waals surface area contributed by atoms with E-state index in [4.69, 9.17) is 0 Å². The lowest BCUT2D eigenvalue weighted by atomic mass is 9.94. The Bertz CT molecular complexity index is 1010. The van der Waals surface area contributed by atoms with Crippen molar-refractivity contribution in [1.29, 1.82) is 0 Å². The third kappa shape index (κ3) is 4.08. The van der Waals surface area contributed by atoms with Crippen LogP contribution in [0, 0.1) is 17.6 Å². The fourth-order valence-corrected chi connectivity index (χ4v) is 3.53. The number of carbonyl (C=O) groups is 2. The summed E-state index contributed by atoms with van der Waals surface area (Å²) in [4.78, 5) is 26.7. The molecule has 0 radical (unpaired) electrons. The SMILES string of the molecule is O=C(NC(c1ccccc1)c1ccccc1)C1CN(C(=O)c2ccc(F)c(F)c2)C1. The predicted octanol–water partition coefficient (Wildman–Crippen LogP) is 3.94. The molecule has 1 fully saturated rings. The Hall–Kier alpha value is -3.54. The van der Waals surface area contributed by atoms with E-state index in [-0.39, 0.29) is 36.5 Å². The van der Waals surface area contributed by atoms with Crippen LogP contribution in [0.3, 0.4) is 0 Å². The van der Waals surface area contributed by atoms with Gasteiger partial charge in [-0.15, -0.1) is 0 Å². The zero-order valence-corrected chi connectivity index (χ0v) is 16.1. The number of halogens is 2. The molecule has 0 atom stereocenters. The first-order valence-electron chi connectivity index (χ1n) is 9.67. The molecule has 0 bridgehead atoms. The summed E-state index contributed by atoms with van der Waals surface area (Å²) in [6.45, 7) is 0.472. The average molecular weight is 406 g/mol. The molecule has 0 saturated carbocycles. The summed E-state index contributed by atoms with van der Waals surface area (Å²) in [6, 6.07) is 22.1. The Balaban J connectivity index is 1.42. The number of carbonyl (C=O) groups excluding carboxylic acids is 2. The lowest BCUT2D eigenvalue weighted by Gasteiger charge is -2.39. The number of nitrogens with one attached hydrogen (secondary N) is 1. The van der Waals surface area contributed by atoms with Crippen LogP contribution in [0.25, 0.3) is 0 Å². The van der Waals surface area contributed by atoms with Crippen molar-refractivity contribution in [2.24, 2.45) is 5.92 Å². The molecule has 0 spiro atoms. The summed E-state index contributed by atoms with van der Waals surface area (Å²) in [6.07, 6.45) is 0. The second-order valence-corrected chi connectivity index (χ2v) is 7.30. The first-order chi connectivity index (χ1) is 14.5. The van der Waals surface area contributed by atoms with Gasteiger partial charge in [-0.05, 0) is 29.3 Å². The van der Waals surface area contributed by atoms with E-state index in [1.54, 1.807) is 0 Å². The molecule has 0 aliphatic carbocycles. The number of likely N-dealkylation sites (tertiary alicyclic amines) is 1.